The standard InChI is InChI=1S/C11H16O/c1-7-8(2)11(12)10-6-4-3-5-9(7)10/h9-10H,3-6H2,1-2H3. The van der Waals surface area contributed by atoms with Crippen molar-refractivity contribution in [2.75, 3.05) is 0 Å². The van der Waals surface area contributed by atoms with Gasteiger partial charge in [0.15, 0.2) is 5.78 Å². The Morgan fingerprint density at radius 3 is 2.25 bits per heavy atom. The summed E-state index contributed by atoms with van der Waals surface area (Å²) in [5.41, 5.74) is 2.44. The van der Waals surface area contributed by atoms with Gasteiger partial charge >= 0.3 is 0 Å². The first kappa shape index (κ1) is 8.03. The topological polar surface area (TPSA) is 17.1 Å². The smallest absolute Gasteiger partial charge is 0.162 e. The molecule has 2 rings (SSSR count). The summed E-state index contributed by atoms with van der Waals surface area (Å²) >= 11 is 0. The molecule has 0 radical (unpaired) electrons. The van der Waals surface area contributed by atoms with Crippen LogP contribution in [-0.4, -0.2) is 5.78 Å². The van der Waals surface area contributed by atoms with Crippen LogP contribution in [0.2, 0.25) is 0 Å². The van der Waals surface area contributed by atoms with Gasteiger partial charge in [-0.25, -0.2) is 0 Å². The van der Waals surface area contributed by atoms with Crippen LogP contribution in [0.25, 0.3) is 0 Å². The number of rotatable bonds is 0. The second kappa shape index (κ2) is 2.72. The molecule has 0 N–H and O–H groups in total. The van der Waals surface area contributed by atoms with Gasteiger partial charge in [0.1, 0.15) is 0 Å². The van der Waals surface area contributed by atoms with Crippen LogP contribution in [0.3, 0.4) is 0 Å². The van der Waals surface area contributed by atoms with Gasteiger partial charge in [0.05, 0.1) is 0 Å². The molecular weight excluding hydrogens is 148 g/mol. The van der Waals surface area contributed by atoms with Gasteiger partial charge in [-0.15, -0.1) is 0 Å². The van der Waals surface area contributed by atoms with E-state index in [2.05, 4.69) is 6.92 Å². The van der Waals surface area contributed by atoms with Crippen LogP contribution in [0.15, 0.2) is 11.1 Å². The molecule has 1 saturated carbocycles. The first-order valence-corrected chi connectivity index (χ1v) is 4.93. The highest BCUT2D eigenvalue weighted by Crippen LogP contribution is 2.42. The summed E-state index contributed by atoms with van der Waals surface area (Å²) in [6, 6.07) is 0. The fraction of sp³-hybridized carbons (Fsp3) is 0.727. The van der Waals surface area contributed by atoms with Crippen LogP contribution in [0.5, 0.6) is 0 Å². The molecule has 1 nitrogen and oxygen atoms in total. The van der Waals surface area contributed by atoms with Crippen molar-refractivity contribution in [3.63, 3.8) is 0 Å². The number of ketones is 1. The lowest BCUT2D eigenvalue weighted by Crippen LogP contribution is -2.21. The number of Topliss-reactive ketones (excluding diaryl/α,β-unsaturated/α-hetero) is 1. The molecule has 1 fully saturated rings. The molecule has 0 aromatic heterocycles. The van der Waals surface area contributed by atoms with Crippen molar-refractivity contribution in [3.05, 3.63) is 11.1 Å². The number of hydrogen-bond acceptors (Lipinski definition) is 1. The first-order chi connectivity index (χ1) is 5.72. The van der Waals surface area contributed by atoms with Crippen LogP contribution >= 0.6 is 0 Å². The van der Waals surface area contributed by atoms with Crippen molar-refractivity contribution in [2.24, 2.45) is 11.8 Å². The van der Waals surface area contributed by atoms with E-state index >= 15 is 0 Å². The van der Waals surface area contributed by atoms with Crippen LogP contribution < -0.4 is 0 Å². The maximum atomic E-state index is 11.7. The molecule has 2 aliphatic rings. The maximum Gasteiger partial charge on any atom is 0.162 e. The average Bonchev–Trinajstić information content (AvgIpc) is 2.33. The quantitative estimate of drug-likeness (QED) is 0.538. The zero-order valence-corrected chi connectivity index (χ0v) is 7.89. The van der Waals surface area contributed by atoms with Crippen molar-refractivity contribution in [2.45, 2.75) is 39.5 Å². The lowest BCUT2D eigenvalue weighted by atomic mass is 9.79. The van der Waals surface area contributed by atoms with E-state index < -0.39 is 0 Å². The summed E-state index contributed by atoms with van der Waals surface area (Å²) in [6.07, 6.45) is 4.96. The van der Waals surface area contributed by atoms with E-state index in [1.54, 1.807) is 0 Å². The van der Waals surface area contributed by atoms with Gasteiger partial charge in [0.25, 0.3) is 0 Å². The van der Waals surface area contributed by atoms with Crippen molar-refractivity contribution >= 4 is 5.78 Å². The Kier molecular flexibility index (Phi) is 1.82. The minimum absolute atomic E-state index is 0.374. The van der Waals surface area contributed by atoms with E-state index in [1.165, 1.54) is 24.8 Å². The molecule has 0 heterocycles. The summed E-state index contributed by atoms with van der Waals surface area (Å²) in [5.74, 6) is 1.43. The van der Waals surface area contributed by atoms with Crippen LogP contribution in [-0.2, 0) is 4.79 Å². The second-order valence-corrected chi connectivity index (χ2v) is 4.17. The van der Waals surface area contributed by atoms with Gasteiger partial charge in [-0.2, -0.15) is 0 Å². The predicted octanol–water partition coefficient (Wildman–Crippen LogP) is 2.71. The molecule has 2 aliphatic carbocycles. The lowest BCUT2D eigenvalue weighted by Gasteiger charge is -2.25. The Bertz CT molecular complexity index is 250. The molecule has 0 aliphatic heterocycles. The molecule has 0 amide bonds. The van der Waals surface area contributed by atoms with Crippen molar-refractivity contribution < 1.29 is 4.79 Å². The molecule has 2 atom stereocenters. The highest BCUT2D eigenvalue weighted by atomic mass is 16.1. The van der Waals surface area contributed by atoms with Crippen LogP contribution in [0.4, 0.5) is 0 Å². The summed E-state index contributed by atoms with van der Waals surface area (Å²) in [4.78, 5) is 11.7. The van der Waals surface area contributed by atoms with Gasteiger partial charge < -0.3 is 0 Å². The first-order valence-electron chi connectivity index (χ1n) is 4.93. The Hall–Kier alpha value is -0.590. The van der Waals surface area contributed by atoms with Gasteiger partial charge in [-0.3, -0.25) is 4.79 Å². The fourth-order valence-electron chi connectivity index (χ4n) is 2.71. The summed E-state index contributed by atoms with van der Waals surface area (Å²) < 4.78 is 0. The largest absolute Gasteiger partial charge is 0.294 e. The van der Waals surface area contributed by atoms with Crippen molar-refractivity contribution in [1.82, 2.24) is 0 Å². The minimum Gasteiger partial charge on any atom is -0.294 e. The second-order valence-electron chi connectivity index (χ2n) is 4.17. The Morgan fingerprint density at radius 2 is 1.67 bits per heavy atom. The van der Waals surface area contributed by atoms with E-state index in [1.807, 2.05) is 6.92 Å². The maximum absolute atomic E-state index is 11.7. The van der Waals surface area contributed by atoms with Gasteiger partial charge in [0.2, 0.25) is 0 Å². The van der Waals surface area contributed by atoms with Crippen molar-refractivity contribution in [3.8, 4) is 0 Å². The molecule has 12 heavy (non-hydrogen) atoms. The Balaban J connectivity index is 2.29. The zero-order valence-electron chi connectivity index (χ0n) is 7.89. The molecule has 1 heteroatoms. The molecule has 0 aromatic rings. The van der Waals surface area contributed by atoms with E-state index in [0.717, 1.165) is 12.0 Å². The summed E-state index contributed by atoms with van der Waals surface area (Å²) in [5, 5.41) is 0. The minimum atomic E-state index is 0.374. The molecule has 0 saturated heterocycles. The number of hydrogen-bond donors (Lipinski definition) is 0. The third-order valence-electron chi connectivity index (χ3n) is 3.62. The highest BCUT2D eigenvalue weighted by molar-refractivity contribution is 6.00. The number of carbonyl (C=O) groups is 1. The van der Waals surface area contributed by atoms with E-state index in [0.29, 0.717) is 17.6 Å². The zero-order chi connectivity index (χ0) is 8.72. The number of carbonyl (C=O) groups excluding carboxylic acids is 1. The van der Waals surface area contributed by atoms with E-state index in [4.69, 9.17) is 0 Å². The van der Waals surface area contributed by atoms with E-state index in [-0.39, 0.29) is 0 Å². The molecule has 0 aromatic carbocycles. The summed E-state index contributed by atoms with van der Waals surface area (Å²) in [7, 11) is 0. The van der Waals surface area contributed by atoms with Crippen LogP contribution in [0.1, 0.15) is 39.5 Å². The fourth-order valence-corrected chi connectivity index (χ4v) is 2.71. The number of fused-ring (bicyclic) bond motifs is 1. The van der Waals surface area contributed by atoms with E-state index in [9.17, 15) is 4.79 Å². The normalized spacial score (nSPS) is 35.7. The summed E-state index contributed by atoms with van der Waals surface area (Å²) in [6.45, 7) is 4.14. The molecule has 0 spiro atoms. The molecule has 0 bridgehead atoms. The van der Waals surface area contributed by atoms with Gasteiger partial charge in [-0.1, -0.05) is 18.4 Å². The van der Waals surface area contributed by atoms with Crippen LogP contribution in [0, 0.1) is 11.8 Å². The van der Waals surface area contributed by atoms with Gasteiger partial charge in [0, 0.05) is 5.92 Å². The monoisotopic (exact) mass is 164 g/mol. The molecule has 2 unspecified atom stereocenters. The highest BCUT2D eigenvalue weighted by Gasteiger charge is 2.38. The third kappa shape index (κ3) is 0.954. The Labute approximate surface area is 73.8 Å². The Morgan fingerprint density at radius 1 is 1.08 bits per heavy atom. The molecule has 66 valence electrons. The predicted molar refractivity (Wildman–Crippen MR) is 48.8 cm³/mol. The molecular formula is C11H16O. The van der Waals surface area contributed by atoms with Gasteiger partial charge in [-0.05, 0) is 38.2 Å². The SMILES string of the molecule is CC1=C(C)C2CCCCC2C1=O. The average molecular weight is 164 g/mol. The third-order valence-corrected chi connectivity index (χ3v) is 3.62. The van der Waals surface area contributed by atoms with Crippen molar-refractivity contribution in [1.29, 1.82) is 0 Å². The lowest BCUT2D eigenvalue weighted by molar-refractivity contribution is -0.119. The number of allylic oxidation sites excluding steroid dienone is 2.